The molecule has 0 saturated carbocycles. The van der Waals surface area contributed by atoms with Crippen LogP contribution >= 0.6 is 0 Å². The largest absolute Gasteiger partial charge is 0.368 e. The molecule has 0 aliphatic heterocycles. The molecule has 0 aromatic carbocycles. The first-order valence-corrected chi connectivity index (χ1v) is 7.58. The first kappa shape index (κ1) is 13.9. The average molecular weight is 286 g/mol. The standard InChI is InChI=1S/C15H22N6/c1-3-11(13-8-9-17-21(13)2)18-14-10-6-4-5-7-12(10)19-15(16)20-14/h8-9,11H,3-7H2,1-2H3,(H3,16,18,19,20)/t11-/m0/s1. The molecule has 1 aliphatic rings. The minimum atomic E-state index is 0.179. The Hall–Kier alpha value is -2.11. The van der Waals surface area contributed by atoms with E-state index in [9.17, 15) is 0 Å². The van der Waals surface area contributed by atoms with Crippen molar-refractivity contribution in [3.8, 4) is 0 Å². The Balaban J connectivity index is 1.93. The molecule has 2 aromatic rings. The molecule has 0 fully saturated rings. The van der Waals surface area contributed by atoms with Crippen molar-refractivity contribution >= 4 is 11.8 Å². The number of hydrogen-bond acceptors (Lipinski definition) is 5. The van der Waals surface area contributed by atoms with E-state index >= 15 is 0 Å². The zero-order valence-corrected chi connectivity index (χ0v) is 12.6. The minimum Gasteiger partial charge on any atom is -0.368 e. The zero-order valence-electron chi connectivity index (χ0n) is 12.6. The van der Waals surface area contributed by atoms with Crippen LogP contribution in [0.25, 0.3) is 0 Å². The lowest BCUT2D eigenvalue weighted by Gasteiger charge is -2.23. The summed E-state index contributed by atoms with van der Waals surface area (Å²) in [5.41, 5.74) is 9.36. The Morgan fingerprint density at radius 3 is 2.86 bits per heavy atom. The predicted molar refractivity (Wildman–Crippen MR) is 82.9 cm³/mol. The molecule has 1 atom stereocenters. The van der Waals surface area contributed by atoms with E-state index in [0.717, 1.165) is 36.5 Å². The maximum atomic E-state index is 5.87. The smallest absolute Gasteiger partial charge is 0.222 e. The van der Waals surface area contributed by atoms with Gasteiger partial charge in [0.2, 0.25) is 5.95 Å². The van der Waals surface area contributed by atoms with Gasteiger partial charge in [0.15, 0.2) is 0 Å². The van der Waals surface area contributed by atoms with Crippen LogP contribution in [-0.2, 0) is 19.9 Å². The molecule has 0 radical (unpaired) electrons. The summed E-state index contributed by atoms with van der Waals surface area (Å²) in [4.78, 5) is 8.84. The van der Waals surface area contributed by atoms with Crippen LogP contribution in [0, 0.1) is 0 Å². The van der Waals surface area contributed by atoms with Crippen molar-refractivity contribution < 1.29 is 0 Å². The molecule has 0 bridgehead atoms. The summed E-state index contributed by atoms with van der Waals surface area (Å²) in [5.74, 6) is 1.25. The van der Waals surface area contributed by atoms with Gasteiger partial charge in [-0.25, -0.2) is 4.98 Å². The lowest BCUT2D eigenvalue weighted by atomic mass is 9.96. The molecular weight excluding hydrogens is 264 g/mol. The van der Waals surface area contributed by atoms with E-state index in [4.69, 9.17) is 5.73 Å². The van der Waals surface area contributed by atoms with Crippen LogP contribution in [0.1, 0.15) is 49.2 Å². The quantitative estimate of drug-likeness (QED) is 0.900. The molecule has 3 N–H and O–H groups in total. The van der Waals surface area contributed by atoms with Gasteiger partial charge < -0.3 is 11.1 Å². The Bertz CT molecular complexity index is 633. The highest BCUT2D eigenvalue weighted by Crippen LogP contribution is 2.29. The highest BCUT2D eigenvalue weighted by atomic mass is 15.3. The van der Waals surface area contributed by atoms with Crippen LogP contribution in [0.3, 0.4) is 0 Å². The van der Waals surface area contributed by atoms with Crippen molar-refractivity contribution in [1.29, 1.82) is 0 Å². The first-order valence-electron chi connectivity index (χ1n) is 7.58. The van der Waals surface area contributed by atoms with E-state index in [0.29, 0.717) is 5.95 Å². The van der Waals surface area contributed by atoms with Gasteiger partial charge in [-0.05, 0) is 38.2 Å². The molecule has 0 spiro atoms. The summed E-state index contributed by atoms with van der Waals surface area (Å²) >= 11 is 0. The Labute approximate surface area is 124 Å². The monoisotopic (exact) mass is 286 g/mol. The number of nitrogens with zero attached hydrogens (tertiary/aromatic N) is 4. The van der Waals surface area contributed by atoms with Gasteiger partial charge in [0, 0.05) is 18.8 Å². The average Bonchev–Trinajstić information content (AvgIpc) is 2.90. The Kier molecular flexibility index (Phi) is 3.77. The van der Waals surface area contributed by atoms with E-state index in [1.807, 2.05) is 24.0 Å². The molecule has 0 unspecified atom stereocenters. The summed E-state index contributed by atoms with van der Waals surface area (Å²) in [6.07, 6.45) is 7.18. The second-order valence-corrected chi connectivity index (χ2v) is 5.55. The van der Waals surface area contributed by atoms with E-state index in [1.54, 1.807) is 0 Å². The number of rotatable bonds is 4. The normalized spacial score (nSPS) is 15.5. The summed E-state index contributed by atoms with van der Waals surface area (Å²) in [5, 5.41) is 7.80. The minimum absolute atomic E-state index is 0.179. The molecule has 2 aromatic heterocycles. The summed E-state index contributed by atoms with van der Waals surface area (Å²) in [6.45, 7) is 2.15. The molecule has 112 valence electrons. The molecule has 0 amide bonds. The fourth-order valence-electron chi connectivity index (χ4n) is 3.01. The fourth-order valence-corrected chi connectivity index (χ4v) is 3.01. The molecule has 3 rings (SSSR count). The van der Waals surface area contributed by atoms with Crippen LogP contribution in [0.2, 0.25) is 0 Å². The zero-order chi connectivity index (χ0) is 14.8. The van der Waals surface area contributed by atoms with E-state index in [1.165, 1.54) is 18.4 Å². The van der Waals surface area contributed by atoms with Gasteiger partial charge >= 0.3 is 0 Å². The van der Waals surface area contributed by atoms with Crippen molar-refractivity contribution in [2.24, 2.45) is 7.05 Å². The highest BCUT2D eigenvalue weighted by molar-refractivity contribution is 5.51. The van der Waals surface area contributed by atoms with Crippen LogP contribution in [0.5, 0.6) is 0 Å². The molecule has 0 saturated heterocycles. The molecule has 6 heteroatoms. The number of aromatic nitrogens is 4. The van der Waals surface area contributed by atoms with Gasteiger partial charge in [-0.2, -0.15) is 10.1 Å². The van der Waals surface area contributed by atoms with Gasteiger partial charge in [-0.1, -0.05) is 6.92 Å². The molecule has 2 heterocycles. The topological polar surface area (TPSA) is 81.7 Å². The van der Waals surface area contributed by atoms with Crippen molar-refractivity contribution in [3.63, 3.8) is 0 Å². The maximum absolute atomic E-state index is 5.87. The van der Waals surface area contributed by atoms with Crippen LogP contribution < -0.4 is 11.1 Å². The van der Waals surface area contributed by atoms with Crippen LogP contribution in [0.15, 0.2) is 12.3 Å². The summed E-state index contributed by atoms with van der Waals surface area (Å²) in [7, 11) is 1.96. The number of anilines is 2. The molecule has 6 nitrogen and oxygen atoms in total. The third-order valence-corrected chi connectivity index (χ3v) is 4.14. The van der Waals surface area contributed by atoms with Gasteiger partial charge in [0.05, 0.1) is 17.4 Å². The van der Waals surface area contributed by atoms with Crippen LogP contribution in [-0.4, -0.2) is 19.7 Å². The molecular formula is C15H22N6. The van der Waals surface area contributed by atoms with Crippen molar-refractivity contribution in [3.05, 3.63) is 29.2 Å². The van der Waals surface area contributed by atoms with E-state index < -0.39 is 0 Å². The lowest BCUT2D eigenvalue weighted by molar-refractivity contribution is 0.625. The third kappa shape index (κ3) is 2.70. The van der Waals surface area contributed by atoms with Crippen molar-refractivity contribution in [2.45, 2.75) is 45.1 Å². The SMILES string of the molecule is CC[C@H](Nc1nc(N)nc2c1CCCC2)c1ccnn1C. The van der Waals surface area contributed by atoms with Crippen LogP contribution in [0.4, 0.5) is 11.8 Å². The summed E-state index contributed by atoms with van der Waals surface area (Å²) < 4.78 is 1.90. The lowest BCUT2D eigenvalue weighted by Crippen LogP contribution is -2.19. The number of fused-ring (bicyclic) bond motifs is 1. The third-order valence-electron chi connectivity index (χ3n) is 4.14. The summed E-state index contributed by atoms with van der Waals surface area (Å²) in [6, 6.07) is 2.22. The Morgan fingerprint density at radius 2 is 2.14 bits per heavy atom. The number of nitrogen functional groups attached to an aromatic ring is 1. The highest BCUT2D eigenvalue weighted by Gasteiger charge is 2.20. The van der Waals surface area contributed by atoms with Crippen molar-refractivity contribution in [1.82, 2.24) is 19.7 Å². The predicted octanol–water partition coefficient (Wildman–Crippen LogP) is 2.23. The number of nitrogens with one attached hydrogen (secondary N) is 1. The first-order chi connectivity index (χ1) is 10.2. The number of hydrogen-bond donors (Lipinski definition) is 2. The fraction of sp³-hybridized carbons (Fsp3) is 0.533. The molecule has 21 heavy (non-hydrogen) atoms. The van der Waals surface area contributed by atoms with Gasteiger partial charge in [-0.3, -0.25) is 4.68 Å². The molecule has 1 aliphatic carbocycles. The maximum Gasteiger partial charge on any atom is 0.222 e. The second-order valence-electron chi connectivity index (χ2n) is 5.55. The van der Waals surface area contributed by atoms with Gasteiger partial charge in [0.25, 0.3) is 0 Å². The Morgan fingerprint density at radius 1 is 1.33 bits per heavy atom. The van der Waals surface area contributed by atoms with E-state index in [-0.39, 0.29) is 6.04 Å². The second kappa shape index (κ2) is 5.71. The van der Waals surface area contributed by atoms with Crippen molar-refractivity contribution in [2.75, 3.05) is 11.1 Å². The van der Waals surface area contributed by atoms with E-state index in [2.05, 4.69) is 27.3 Å². The van der Waals surface area contributed by atoms with Gasteiger partial charge in [-0.15, -0.1) is 0 Å². The van der Waals surface area contributed by atoms with Gasteiger partial charge in [0.1, 0.15) is 5.82 Å². The number of aryl methyl sites for hydroxylation is 2. The number of nitrogens with two attached hydrogens (primary N) is 1.